The molecule has 32 heavy (non-hydrogen) atoms. The van der Waals surface area contributed by atoms with E-state index in [-0.39, 0.29) is 11.7 Å². The smallest absolute Gasteiger partial charge is 0.385 e. The summed E-state index contributed by atoms with van der Waals surface area (Å²) in [6, 6.07) is 8.98. The minimum absolute atomic E-state index is 0.0551. The number of amides is 2. The van der Waals surface area contributed by atoms with Crippen molar-refractivity contribution in [2.45, 2.75) is 31.5 Å². The van der Waals surface area contributed by atoms with Gasteiger partial charge in [0, 0.05) is 24.7 Å². The van der Waals surface area contributed by atoms with Crippen LogP contribution in [-0.4, -0.2) is 53.2 Å². The Labute approximate surface area is 192 Å². The molecular formula is C21H22ClF3N4O2S. The van der Waals surface area contributed by atoms with Crippen LogP contribution in [0.3, 0.4) is 0 Å². The molecule has 0 saturated carbocycles. The van der Waals surface area contributed by atoms with E-state index >= 15 is 0 Å². The zero-order valence-electron chi connectivity index (χ0n) is 17.3. The Balaban J connectivity index is 1.49. The maximum atomic E-state index is 13.1. The van der Waals surface area contributed by atoms with Crippen LogP contribution < -0.4 is 4.90 Å². The van der Waals surface area contributed by atoms with Crippen molar-refractivity contribution in [1.82, 2.24) is 9.80 Å². The number of guanidine groups is 1. The fourth-order valence-electron chi connectivity index (χ4n) is 3.97. The van der Waals surface area contributed by atoms with Gasteiger partial charge in [-0.1, -0.05) is 23.7 Å². The van der Waals surface area contributed by atoms with Crippen molar-refractivity contribution in [2.24, 2.45) is 4.99 Å². The highest BCUT2D eigenvalue weighted by atomic mass is 35.5. The molecule has 2 aliphatic heterocycles. The summed E-state index contributed by atoms with van der Waals surface area (Å²) in [6.45, 7) is 3.03. The number of likely N-dealkylation sites (tertiary alicyclic amines) is 1. The van der Waals surface area contributed by atoms with Crippen LogP contribution in [-0.2, 0) is 11.8 Å². The lowest BCUT2D eigenvalue weighted by atomic mass is 9.84. The third kappa shape index (κ3) is 4.31. The number of piperidine rings is 1. The summed E-state index contributed by atoms with van der Waals surface area (Å²) in [5, 5.41) is 11.9. The van der Waals surface area contributed by atoms with E-state index in [0.29, 0.717) is 54.8 Å². The second kappa shape index (κ2) is 8.57. The topological polar surface area (TPSA) is 59.4 Å². The summed E-state index contributed by atoms with van der Waals surface area (Å²) in [7, 11) is 0. The molecule has 2 aliphatic rings. The number of urea groups is 1. The summed E-state index contributed by atoms with van der Waals surface area (Å²) in [5.74, 6) is 0.486. The average Bonchev–Trinajstić information content (AvgIpc) is 3.25. The highest BCUT2D eigenvalue weighted by Crippen LogP contribution is 2.39. The Hall–Kier alpha value is -2.30. The van der Waals surface area contributed by atoms with Gasteiger partial charge in [-0.05, 0) is 49.6 Å². The van der Waals surface area contributed by atoms with Gasteiger partial charge in [0.05, 0.1) is 5.60 Å². The minimum atomic E-state index is -4.45. The molecule has 1 N–H and O–H groups in total. The standard InChI is InChI=1S/C21H22ClF3N4O2S/c1-2-28-18(26-13-29(19(28)30)17-8-7-16(32-17)21(23,24)25)27-11-9-20(31,10-12-27)14-3-5-15(22)6-4-14/h3-8,31H,2,9-13H2,1H3. The van der Waals surface area contributed by atoms with E-state index in [2.05, 4.69) is 4.99 Å². The van der Waals surface area contributed by atoms with E-state index in [1.165, 1.54) is 15.9 Å². The Morgan fingerprint density at radius 1 is 1.16 bits per heavy atom. The number of benzene rings is 1. The largest absolute Gasteiger partial charge is 0.425 e. The number of rotatable bonds is 3. The molecule has 0 bridgehead atoms. The van der Waals surface area contributed by atoms with E-state index in [1.54, 1.807) is 19.1 Å². The molecule has 0 aliphatic carbocycles. The molecule has 172 valence electrons. The average molecular weight is 487 g/mol. The number of carbonyl (C=O) groups is 1. The summed E-state index contributed by atoms with van der Waals surface area (Å²) < 4.78 is 38.9. The van der Waals surface area contributed by atoms with Crippen molar-refractivity contribution in [3.63, 3.8) is 0 Å². The lowest BCUT2D eigenvalue weighted by molar-refractivity contribution is -0.134. The number of alkyl halides is 3. The third-order valence-corrected chi connectivity index (χ3v) is 7.17. The lowest BCUT2D eigenvalue weighted by Gasteiger charge is -2.43. The number of anilines is 1. The number of aliphatic imine (C=N–C) groups is 1. The fourth-order valence-corrected chi connectivity index (χ4v) is 4.96. The van der Waals surface area contributed by atoms with E-state index in [9.17, 15) is 23.1 Å². The predicted octanol–water partition coefficient (Wildman–Crippen LogP) is 4.98. The lowest BCUT2D eigenvalue weighted by Crippen LogP contribution is -2.58. The molecule has 6 nitrogen and oxygen atoms in total. The van der Waals surface area contributed by atoms with Gasteiger partial charge in [0.1, 0.15) is 16.5 Å². The van der Waals surface area contributed by atoms with Crippen LogP contribution in [0.1, 0.15) is 30.2 Å². The van der Waals surface area contributed by atoms with Crippen molar-refractivity contribution < 1.29 is 23.1 Å². The summed E-state index contributed by atoms with van der Waals surface area (Å²) in [6.07, 6.45) is -3.55. The summed E-state index contributed by atoms with van der Waals surface area (Å²) in [5.41, 5.74) is -0.200. The molecule has 1 fully saturated rings. The number of nitrogens with zero attached hydrogens (tertiary/aromatic N) is 4. The molecule has 0 atom stereocenters. The highest BCUT2D eigenvalue weighted by molar-refractivity contribution is 7.16. The number of thiophene rings is 1. The van der Waals surface area contributed by atoms with Crippen LogP contribution in [0.2, 0.25) is 5.02 Å². The van der Waals surface area contributed by atoms with Gasteiger partial charge >= 0.3 is 12.2 Å². The van der Waals surface area contributed by atoms with Crippen molar-refractivity contribution in [3.05, 3.63) is 51.9 Å². The molecule has 2 amide bonds. The Morgan fingerprint density at radius 3 is 2.38 bits per heavy atom. The highest BCUT2D eigenvalue weighted by Gasteiger charge is 2.40. The van der Waals surface area contributed by atoms with Gasteiger partial charge in [0.15, 0.2) is 0 Å². The Kier molecular flexibility index (Phi) is 6.12. The van der Waals surface area contributed by atoms with Crippen LogP contribution in [0.15, 0.2) is 41.4 Å². The van der Waals surface area contributed by atoms with Gasteiger partial charge < -0.3 is 10.0 Å². The molecule has 2 aromatic rings. The molecule has 1 aromatic carbocycles. The molecule has 0 unspecified atom stereocenters. The van der Waals surface area contributed by atoms with Crippen LogP contribution >= 0.6 is 22.9 Å². The molecule has 1 aromatic heterocycles. The first-order valence-corrected chi connectivity index (χ1v) is 11.4. The molecular weight excluding hydrogens is 465 g/mol. The van der Waals surface area contributed by atoms with Gasteiger partial charge in [-0.2, -0.15) is 13.2 Å². The van der Waals surface area contributed by atoms with Gasteiger partial charge in [0.25, 0.3) is 0 Å². The first-order chi connectivity index (χ1) is 15.1. The monoisotopic (exact) mass is 486 g/mol. The maximum Gasteiger partial charge on any atom is 0.425 e. The van der Waals surface area contributed by atoms with Crippen molar-refractivity contribution in [3.8, 4) is 0 Å². The first-order valence-electron chi connectivity index (χ1n) is 10.2. The second-order valence-electron chi connectivity index (χ2n) is 7.72. The number of hydrogen-bond donors (Lipinski definition) is 1. The second-order valence-corrected chi connectivity index (χ2v) is 9.21. The number of carbonyl (C=O) groups excluding carboxylic acids is 1. The van der Waals surface area contributed by atoms with E-state index < -0.39 is 22.7 Å². The molecule has 3 heterocycles. The Bertz CT molecular complexity index is 1020. The molecule has 4 rings (SSSR count). The van der Waals surface area contributed by atoms with Gasteiger partial charge in [0.2, 0.25) is 5.96 Å². The zero-order chi connectivity index (χ0) is 23.1. The summed E-state index contributed by atoms with van der Waals surface area (Å²) in [4.78, 5) is 21.5. The normalized spacial score (nSPS) is 19.4. The SMILES string of the molecule is CCN1C(=O)N(c2ccc(C(F)(F)F)s2)CN=C1N1CCC(O)(c2ccc(Cl)cc2)CC1. The van der Waals surface area contributed by atoms with Gasteiger partial charge in [-0.25, -0.2) is 9.79 Å². The zero-order valence-corrected chi connectivity index (χ0v) is 18.8. The number of halogens is 4. The van der Waals surface area contributed by atoms with E-state index in [4.69, 9.17) is 11.6 Å². The van der Waals surface area contributed by atoms with Gasteiger partial charge in [-0.15, -0.1) is 11.3 Å². The quantitative estimate of drug-likeness (QED) is 0.665. The van der Waals surface area contributed by atoms with Crippen LogP contribution in [0.25, 0.3) is 0 Å². The van der Waals surface area contributed by atoms with Crippen molar-refractivity contribution in [2.75, 3.05) is 31.2 Å². The molecule has 0 radical (unpaired) electrons. The van der Waals surface area contributed by atoms with Crippen LogP contribution in [0.5, 0.6) is 0 Å². The van der Waals surface area contributed by atoms with Crippen molar-refractivity contribution in [1.29, 1.82) is 0 Å². The maximum absolute atomic E-state index is 13.1. The minimum Gasteiger partial charge on any atom is -0.385 e. The van der Waals surface area contributed by atoms with E-state index in [0.717, 1.165) is 11.6 Å². The number of aliphatic hydroxyl groups is 1. The molecule has 1 saturated heterocycles. The van der Waals surface area contributed by atoms with Gasteiger partial charge in [-0.3, -0.25) is 9.80 Å². The molecule has 11 heteroatoms. The van der Waals surface area contributed by atoms with Crippen LogP contribution in [0, 0.1) is 0 Å². The molecule has 0 spiro atoms. The number of hydrogen-bond acceptors (Lipinski definition) is 5. The van der Waals surface area contributed by atoms with Crippen LogP contribution in [0.4, 0.5) is 23.0 Å². The summed E-state index contributed by atoms with van der Waals surface area (Å²) >= 11 is 6.47. The fraction of sp³-hybridized carbons (Fsp3) is 0.429. The first kappa shape index (κ1) is 22.9. The third-order valence-electron chi connectivity index (χ3n) is 5.77. The van der Waals surface area contributed by atoms with Crippen molar-refractivity contribution >= 4 is 39.9 Å². The van der Waals surface area contributed by atoms with E-state index in [1.807, 2.05) is 17.0 Å². The Morgan fingerprint density at radius 2 is 1.81 bits per heavy atom. The predicted molar refractivity (Wildman–Crippen MR) is 118 cm³/mol.